The quantitative estimate of drug-likeness (QED) is 0.712. The van der Waals surface area contributed by atoms with E-state index < -0.39 is 0 Å². The highest BCUT2D eigenvalue weighted by molar-refractivity contribution is 5.09. The average molecular weight is 252 g/mol. The van der Waals surface area contributed by atoms with Gasteiger partial charge in [0.25, 0.3) is 0 Å². The first-order chi connectivity index (χ1) is 8.25. The van der Waals surface area contributed by atoms with E-state index in [0.29, 0.717) is 23.7 Å². The molecular weight excluding hydrogens is 224 g/mol. The minimum Gasteiger partial charge on any atom is -0.513 e. The molecule has 2 N–H and O–H groups in total. The Labute approximate surface area is 111 Å². The summed E-state index contributed by atoms with van der Waals surface area (Å²) in [7, 11) is 0. The molecular formula is C16H28O2. The summed E-state index contributed by atoms with van der Waals surface area (Å²) in [5.41, 5.74) is 0. The van der Waals surface area contributed by atoms with Crippen LogP contribution < -0.4 is 0 Å². The van der Waals surface area contributed by atoms with Crippen LogP contribution in [0.25, 0.3) is 0 Å². The van der Waals surface area contributed by atoms with Gasteiger partial charge in [0.2, 0.25) is 0 Å². The lowest BCUT2D eigenvalue weighted by molar-refractivity contribution is 0.0375. The van der Waals surface area contributed by atoms with E-state index in [1.165, 1.54) is 0 Å². The third kappa shape index (κ3) is 3.09. The molecule has 104 valence electrons. The summed E-state index contributed by atoms with van der Waals surface area (Å²) in [6, 6.07) is 0. The third-order valence-corrected chi connectivity index (χ3v) is 4.58. The van der Waals surface area contributed by atoms with Crippen molar-refractivity contribution >= 4 is 0 Å². The Hall–Kier alpha value is -0.920. The van der Waals surface area contributed by atoms with E-state index in [4.69, 9.17) is 0 Å². The monoisotopic (exact) mass is 252 g/mol. The van der Waals surface area contributed by atoms with Gasteiger partial charge in [0.05, 0.1) is 11.5 Å². The molecule has 5 atom stereocenters. The molecule has 2 heteroatoms. The van der Waals surface area contributed by atoms with Gasteiger partial charge in [-0.2, -0.15) is 0 Å². The molecule has 0 aliphatic heterocycles. The molecule has 1 saturated carbocycles. The van der Waals surface area contributed by atoms with Crippen LogP contribution in [-0.4, -0.2) is 10.2 Å². The largest absolute Gasteiger partial charge is 0.513 e. The molecule has 2 nitrogen and oxygen atoms in total. The molecule has 0 saturated heterocycles. The van der Waals surface area contributed by atoms with Gasteiger partial charge in [-0.05, 0) is 36.5 Å². The van der Waals surface area contributed by atoms with Gasteiger partial charge in [0, 0.05) is 11.8 Å². The van der Waals surface area contributed by atoms with Gasteiger partial charge in [-0.15, -0.1) is 0 Å². The Morgan fingerprint density at radius 1 is 1.11 bits per heavy atom. The Morgan fingerprint density at radius 3 is 2.00 bits per heavy atom. The van der Waals surface area contributed by atoms with E-state index in [2.05, 4.69) is 40.9 Å². The van der Waals surface area contributed by atoms with Crippen LogP contribution in [0.15, 0.2) is 24.7 Å². The molecule has 0 aromatic carbocycles. The van der Waals surface area contributed by atoms with E-state index in [1.807, 2.05) is 0 Å². The first-order valence-electron chi connectivity index (χ1n) is 7.01. The van der Waals surface area contributed by atoms with E-state index in [9.17, 15) is 10.2 Å². The van der Waals surface area contributed by atoms with Crippen molar-refractivity contribution in [3.63, 3.8) is 0 Å². The van der Waals surface area contributed by atoms with E-state index in [1.54, 1.807) is 0 Å². The number of aliphatic hydroxyl groups is 2. The number of aliphatic hydroxyl groups excluding tert-OH is 2. The molecule has 0 aromatic rings. The number of allylic oxidation sites excluding steroid dienone is 2. The SMILES string of the molecule is C=C(O)C1C(CC(C)C)CC(C)C(C)C1C(=C)O. The molecule has 1 aliphatic carbocycles. The first kappa shape index (κ1) is 15.1. The van der Waals surface area contributed by atoms with Crippen LogP contribution in [0.2, 0.25) is 0 Å². The van der Waals surface area contributed by atoms with Crippen LogP contribution in [0.1, 0.15) is 40.5 Å². The minimum atomic E-state index is -0.0602. The summed E-state index contributed by atoms with van der Waals surface area (Å²) >= 11 is 0. The molecule has 1 rings (SSSR count). The second kappa shape index (κ2) is 5.81. The average Bonchev–Trinajstić information content (AvgIpc) is 2.20. The summed E-state index contributed by atoms with van der Waals surface area (Å²) in [5, 5.41) is 19.8. The maximum absolute atomic E-state index is 9.94. The number of hydrogen-bond acceptors (Lipinski definition) is 2. The molecule has 1 aliphatic rings. The number of hydrogen-bond donors (Lipinski definition) is 2. The lowest BCUT2D eigenvalue weighted by Gasteiger charge is -2.45. The summed E-state index contributed by atoms with van der Waals surface area (Å²) < 4.78 is 0. The van der Waals surface area contributed by atoms with E-state index in [-0.39, 0.29) is 23.4 Å². The lowest BCUT2D eigenvalue weighted by Crippen LogP contribution is -2.40. The van der Waals surface area contributed by atoms with Gasteiger partial charge in [0.15, 0.2) is 0 Å². The third-order valence-electron chi connectivity index (χ3n) is 4.58. The van der Waals surface area contributed by atoms with Crippen molar-refractivity contribution in [2.45, 2.75) is 40.5 Å². The molecule has 0 spiro atoms. The van der Waals surface area contributed by atoms with Crippen molar-refractivity contribution in [2.75, 3.05) is 0 Å². The Morgan fingerprint density at radius 2 is 1.61 bits per heavy atom. The predicted octanol–water partition coefficient (Wildman–Crippen LogP) is 4.70. The summed E-state index contributed by atoms with van der Waals surface area (Å²) in [4.78, 5) is 0. The van der Waals surface area contributed by atoms with Crippen molar-refractivity contribution in [2.24, 2.45) is 35.5 Å². The van der Waals surface area contributed by atoms with Crippen LogP contribution in [0.5, 0.6) is 0 Å². The van der Waals surface area contributed by atoms with Crippen LogP contribution in [0.4, 0.5) is 0 Å². The fourth-order valence-corrected chi connectivity index (χ4v) is 3.65. The van der Waals surface area contributed by atoms with Gasteiger partial charge in [-0.25, -0.2) is 0 Å². The minimum absolute atomic E-state index is 0.0453. The Bertz CT molecular complexity index is 319. The smallest absolute Gasteiger partial charge is 0.0892 e. The van der Waals surface area contributed by atoms with Crippen molar-refractivity contribution in [3.8, 4) is 0 Å². The summed E-state index contributed by atoms with van der Waals surface area (Å²) in [6.07, 6.45) is 2.15. The molecule has 18 heavy (non-hydrogen) atoms. The number of rotatable bonds is 4. The topological polar surface area (TPSA) is 40.5 Å². The molecule has 1 fully saturated rings. The van der Waals surface area contributed by atoms with Crippen molar-refractivity contribution in [1.82, 2.24) is 0 Å². The highest BCUT2D eigenvalue weighted by Crippen LogP contribution is 2.48. The molecule has 0 amide bonds. The van der Waals surface area contributed by atoms with Crippen LogP contribution >= 0.6 is 0 Å². The van der Waals surface area contributed by atoms with Gasteiger partial charge >= 0.3 is 0 Å². The molecule has 0 bridgehead atoms. The fraction of sp³-hybridized carbons (Fsp3) is 0.750. The van der Waals surface area contributed by atoms with Crippen molar-refractivity contribution in [1.29, 1.82) is 0 Å². The van der Waals surface area contributed by atoms with Crippen molar-refractivity contribution < 1.29 is 10.2 Å². The predicted molar refractivity (Wildman–Crippen MR) is 76.4 cm³/mol. The standard InChI is InChI=1S/C16H28O2/c1-9(2)7-14-8-10(3)11(4)15(12(5)17)16(14)13(6)18/h9-11,14-18H,5-8H2,1-4H3. The highest BCUT2D eigenvalue weighted by atomic mass is 16.3. The van der Waals surface area contributed by atoms with Gasteiger partial charge in [0.1, 0.15) is 0 Å². The maximum atomic E-state index is 9.94. The van der Waals surface area contributed by atoms with E-state index in [0.717, 1.165) is 12.8 Å². The van der Waals surface area contributed by atoms with Crippen LogP contribution in [0, 0.1) is 35.5 Å². The van der Waals surface area contributed by atoms with Crippen molar-refractivity contribution in [3.05, 3.63) is 24.7 Å². The molecule has 0 aromatic heterocycles. The first-order valence-corrected chi connectivity index (χ1v) is 7.01. The zero-order chi connectivity index (χ0) is 14.0. The van der Waals surface area contributed by atoms with Gasteiger partial charge in [-0.1, -0.05) is 40.9 Å². The second-order valence-corrected chi connectivity index (χ2v) is 6.50. The normalized spacial score (nSPS) is 36.6. The zero-order valence-corrected chi connectivity index (χ0v) is 12.2. The lowest BCUT2D eigenvalue weighted by atomic mass is 9.60. The van der Waals surface area contributed by atoms with Crippen LogP contribution in [0.3, 0.4) is 0 Å². The maximum Gasteiger partial charge on any atom is 0.0892 e. The second-order valence-electron chi connectivity index (χ2n) is 6.50. The molecule has 0 radical (unpaired) electrons. The Kier molecular flexibility index (Phi) is 4.89. The molecule has 0 heterocycles. The molecule has 5 unspecified atom stereocenters. The van der Waals surface area contributed by atoms with Crippen LogP contribution in [-0.2, 0) is 0 Å². The zero-order valence-electron chi connectivity index (χ0n) is 12.2. The van der Waals surface area contributed by atoms with Gasteiger partial charge < -0.3 is 10.2 Å². The summed E-state index contributed by atoms with van der Waals surface area (Å²) in [6.45, 7) is 16.2. The highest BCUT2D eigenvalue weighted by Gasteiger charge is 2.43. The van der Waals surface area contributed by atoms with E-state index >= 15 is 0 Å². The Balaban J connectivity index is 3.03. The fourth-order valence-electron chi connectivity index (χ4n) is 3.65. The summed E-state index contributed by atoms with van der Waals surface area (Å²) in [5.74, 6) is 2.15. The van der Waals surface area contributed by atoms with Gasteiger partial charge in [-0.3, -0.25) is 0 Å².